The summed E-state index contributed by atoms with van der Waals surface area (Å²) in [6, 6.07) is 8.31. The van der Waals surface area contributed by atoms with E-state index in [2.05, 4.69) is 38.0 Å². The van der Waals surface area contributed by atoms with E-state index in [9.17, 15) is 4.79 Å². The molecule has 3 nitrogen and oxygen atoms in total. The van der Waals surface area contributed by atoms with Crippen molar-refractivity contribution in [2.45, 2.75) is 33.1 Å². The van der Waals surface area contributed by atoms with Crippen molar-refractivity contribution in [1.82, 2.24) is 9.78 Å². The Hall–Kier alpha value is -2.16. The number of benzene rings is 1. The molecule has 0 aliphatic heterocycles. The van der Waals surface area contributed by atoms with Crippen LogP contribution in [0.25, 0.3) is 6.08 Å². The summed E-state index contributed by atoms with van der Waals surface area (Å²) >= 11 is 0. The molecule has 0 N–H and O–H groups in total. The van der Waals surface area contributed by atoms with Crippen LogP contribution in [0.3, 0.4) is 0 Å². The zero-order valence-electron chi connectivity index (χ0n) is 13.3. The number of aromatic nitrogens is 2. The first kappa shape index (κ1) is 15.2. The number of ketones is 1. The fraction of sp³-hybridized carbons (Fsp3) is 0.333. The van der Waals surface area contributed by atoms with Gasteiger partial charge in [0.05, 0.1) is 11.3 Å². The zero-order valence-corrected chi connectivity index (χ0v) is 13.3. The molecule has 2 aromatic rings. The lowest BCUT2D eigenvalue weighted by Crippen LogP contribution is -2.10. The molecule has 3 heteroatoms. The summed E-state index contributed by atoms with van der Waals surface area (Å²) in [5, 5.41) is 4.19. The van der Waals surface area contributed by atoms with Gasteiger partial charge in [-0.05, 0) is 29.5 Å². The van der Waals surface area contributed by atoms with Crippen LogP contribution in [0, 0.1) is 6.92 Å². The Bertz CT molecular complexity index is 670. The summed E-state index contributed by atoms with van der Waals surface area (Å²) in [7, 11) is 1.82. The molecule has 0 aliphatic carbocycles. The molecular weight excluding hydrogens is 260 g/mol. The van der Waals surface area contributed by atoms with Crippen LogP contribution < -0.4 is 0 Å². The SMILES string of the molecule is Cc1nn(C)cc1C(=O)/C=C/c1ccc(C(C)(C)C)cc1. The van der Waals surface area contributed by atoms with E-state index in [0.29, 0.717) is 5.56 Å². The molecule has 2 rings (SSSR count). The summed E-state index contributed by atoms with van der Waals surface area (Å²) in [5.74, 6) is -0.0134. The Balaban J connectivity index is 2.14. The number of hydrogen-bond acceptors (Lipinski definition) is 2. The Morgan fingerprint density at radius 1 is 1.19 bits per heavy atom. The van der Waals surface area contributed by atoms with Gasteiger partial charge >= 0.3 is 0 Å². The van der Waals surface area contributed by atoms with Gasteiger partial charge < -0.3 is 0 Å². The molecule has 1 aromatic heterocycles. The zero-order chi connectivity index (χ0) is 15.6. The number of carbonyl (C=O) groups excluding carboxylic acids is 1. The molecule has 0 amide bonds. The van der Waals surface area contributed by atoms with E-state index in [4.69, 9.17) is 0 Å². The van der Waals surface area contributed by atoms with Crippen LogP contribution in [0.1, 0.15) is 48.0 Å². The van der Waals surface area contributed by atoms with Gasteiger partial charge in [-0.25, -0.2) is 0 Å². The highest BCUT2D eigenvalue weighted by Crippen LogP contribution is 2.22. The first-order chi connectivity index (χ1) is 9.77. The lowest BCUT2D eigenvalue weighted by atomic mass is 9.87. The van der Waals surface area contributed by atoms with Crippen molar-refractivity contribution >= 4 is 11.9 Å². The van der Waals surface area contributed by atoms with Crippen LogP contribution >= 0.6 is 0 Å². The van der Waals surface area contributed by atoms with E-state index < -0.39 is 0 Å². The van der Waals surface area contributed by atoms with Crippen molar-refractivity contribution < 1.29 is 4.79 Å². The molecule has 0 fully saturated rings. The summed E-state index contributed by atoms with van der Waals surface area (Å²) in [5.41, 5.74) is 3.87. The van der Waals surface area contributed by atoms with Crippen molar-refractivity contribution in [1.29, 1.82) is 0 Å². The van der Waals surface area contributed by atoms with E-state index in [-0.39, 0.29) is 11.2 Å². The van der Waals surface area contributed by atoms with E-state index in [1.54, 1.807) is 17.0 Å². The minimum Gasteiger partial charge on any atom is -0.289 e. The molecule has 21 heavy (non-hydrogen) atoms. The molecule has 0 saturated heterocycles. The number of aryl methyl sites for hydroxylation is 2. The standard InChI is InChI=1S/C18H22N2O/c1-13-16(12-20(5)19-13)17(21)11-8-14-6-9-15(10-7-14)18(2,3)4/h6-12H,1-5H3/b11-8+. The van der Waals surface area contributed by atoms with Gasteiger partial charge in [-0.3, -0.25) is 9.48 Å². The molecule has 0 bridgehead atoms. The Kier molecular flexibility index (Phi) is 4.12. The predicted octanol–water partition coefficient (Wildman–Crippen LogP) is 3.92. The third kappa shape index (κ3) is 3.69. The topological polar surface area (TPSA) is 34.9 Å². The molecular formula is C18H22N2O. The summed E-state index contributed by atoms with van der Waals surface area (Å²) in [6.45, 7) is 8.41. The van der Waals surface area contributed by atoms with Crippen LogP contribution in [-0.4, -0.2) is 15.6 Å². The third-order valence-electron chi connectivity index (χ3n) is 3.48. The fourth-order valence-corrected chi connectivity index (χ4v) is 2.20. The average molecular weight is 282 g/mol. The molecule has 0 atom stereocenters. The minimum absolute atomic E-state index is 0.0134. The highest BCUT2D eigenvalue weighted by molar-refractivity contribution is 6.07. The number of carbonyl (C=O) groups is 1. The highest BCUT2D eigenvalue weighted by Gasteiger charge is 2.12. The second-order valence-corrected chi connectivity index (χ2v) is 6.37. The average Bonchev–Trinajstić information content (AvgIpc) is 2.74. The Morgan fingerprint density at radius 3 is 2.29 bits per heavy atom. The van der Waals surface area contributed by atoms with E-state index in [1.807, 2.05) is 32.2 Å². The number of rotatable bonds is 3. The summed E-state index contributed by atoms with van der Waals surface area (Å²) in [4.78, 5) is 12.1. The first-order valence-corrected chi connectivity index (χ1v) is 7.10. The van der Waals surface area contributed by atoms with Gasteiger partial charge in [0.15, 0.2) is 5.78 Å². The molecule has 1 heterocycles. The Labute approximate surface area is 126 Å². The van der Waals surface area contributed by atoms with Crippen molar-refractivity contribution in [3.05, 3.63) is 58.9 Å². The summed E-state index contributed by atoms with van der Waals surface area (Å²) < 4.78 is 1.66. The monoisotopic (exact) mass is 282 g/mol. The molecule has 0 unspecified atom stereocenters. The maximum atomic E-state index is 12.1. The summed E-state index contributed by atoms with van der Waals surface area (Å²) in [6.07, 6.45) is 5.21. The number of nitrogens with zero attached hydrogens (tertiary/aromatic N) is 2. The van der Waals surface area contributed by atoms with E-state index >= 15 is 0 Å². The van der Waals surface area contributed by atoms with Gasteiger partial charge in [-0.15, -0.1) is 0 Å². The van der Waals surface area contributed by atoms with Gasteiger partial charge in [0.1, 0.15) is 0 Å². The molecule has 110 valence electrons. The second-order valence-electron chi connectivity index (χ2n) is 6.37. The van der Waals surface area contributed by atoms with Gasteiger partial charge in [0.25, 0.3) is 0 Å². The highest BCUT2D eigenvalue weighted by atomic mass is 16.1. The Morgan fingerprint density at radius 2 is 1.81 bits per heavy atom. The largest absolute Gasteiger partial charge is 0.289 e. The van der Waals surface area contributed by atoms with Crippen LogP contribution in [0.5, 0.6) is 0 Å². The van der Waals surface area contributed by atoms with Crippen LogP contribution in [-0.2, 0) is 12.5 Å². The number of allylic oxidation sites excluding steroid dienone is 1. The second kappa shape index (κ2) is 5.68. The van der Waals surface area contributed by atoms with Crippen LogP contribution in [0.2, 0.25) is 0 Å². The normalized spacial score (nSPS) is 12.0. The van der Waals surface area contributed by atoms with Crippen molar-refractivity contribution in [3.63, 3.8) is 0 Å². The lowest BCUT2D eigenvalue weighted by Gasteiger charge is -2.18. The molecule has 1 aromatic carbocycles. The lowest BCUT2D eigenvalue weighted by molar-refractivity contribution is 0.104. The molecule has 0 saturated carbocycles. The van der Waals surface area contributed by atoms with E-state index in [1.165, 1.54) is 5.56 Å². The van der Waals surface area contributed by atoms with Gasteiger partial charge in [-0.1, -0.05) is 51.1 Å². The van der Waals surface area contributed by atoms with Gasteiger partial charge in [0.2, 0.25) is 0 Å². The van der Waals surface area contributed by atoms with Crippen LogP contribution in [0.15, 0.2) is 36.5 Å². The van der Waals surface area contributed by atoms with E-state index in [0.717, 1.165) is 11.3 Å². The van der Waals surface area contributed by atoms with Gasteiger partial charge in [0, 0.05) is 13.2 Å². The number of hydrogen-bond donors (Lipinski definition) is 0. The van der Waals surface area contributed by atoms with Gasteiger partial charge in [-0.2, -0.15) is 5.10 Å². The maximum absolute atomic E-state index is 12.1. The quantitative estimate of drug-likeness (QED) is 0.631. The third-order valence-corrected chi connectivity index (χ3v) is 3.48. The maximum Gasteiger partial charge on any atom is 0.189 e. The first-order valence-electron chi connectivity index (χ1n) is 7.10. The smallest absolute Gasteiger partial charge is 0.189 e. The predicted molar refractivity (Wildman–Crippen MR) is 86.5 cm³/mol. The molecule has 0 aliphatic rings. The minimum atomic E-state index is -0.0134. The van der Waals surface area contributed by atoms with Crippen molar-refractivity contribution in [2.75, 3.05) is 0 Å². The van der Waals surface area contributed by atoms with Crippen molar-refractivity contribution in [2.24, 2.45) is 7.05 Å². The molecule has 0 radical (unpaired) electrons. The fourth-order valence-electron chi connectivity index (χ4n) is 2.20. The molecule has 0 spiro atoms. The van der Waals surface area contributed by atoms with Crippen LogP contribution in [0.4, 0.5) is 0 Å². The van der Waals surface area contributed by atoms with Crippen molar-refractivity contribution in [3.8, 4) is 0 Å².